The van der Waals surface area contributed by atoms with E-state index < -0.39 is 5.60 Å². The normalized spacial score (nSPS) is 11.5. The molecular weight excluding hydrogens is 230 g/mol. The zero-order valence-electron chi connectivity index (χ0n) is 10.6. The fourth-order valence-electron chi connectivity index (χ4n) is 1.85. The molecule has 0 unspecified atom stereocenters. The van der Waals surface area contributed by atoms with E-state index in [0.717, 1.165) is 5.39 Å². The van der Waals surface area contributed by atoms with Gasteiger partial charge in [0.25, 0.3) is 5.69 Å². The molecule has 0 saturated heterocycles. The highest BCUT2D eigenvalue weighted by Gasteiger charge is 2.19. The van der Waals surface area contributed by atoms with E-state index >= 15 is 0 Å². The Hall–Kier alpha value is -2.10. The summed E-state index contributed by atoms with van der Waals surface area (Å²) in [6.45, 7) is 5.75. The summed E-state index contributed by atoms with van der Waals surface area (Å²) >= 11 is 0. The fourth-order valence-corrected chi connectivity index (χ4v) is 1.85. The van der Waals surface area contributed by atoms with Crippen LogP contribution >= 0.6 is 0 Å². The first-order valence-corrected chi connectivity index (χ1v) is 5.74. The van der Waals surface area contributed by atoms with Crippen LogP contribution in [-0.2, 0) is 0 Å². The second-order valence-electron chi connectivity index (χ2n) is 5.10. The lowest BCUT2D eigenvalue weighted by Crippen LogP contribution is -2.23. The Kier molecular flexibility index (Phi) is 2.95. The summed E-state index contributed by atoms with van der Waals surface area (Å²) < 4.78 is 5.80. The zero-order valence-corrected chi connectivity index (χ0v) is 10.6. The van der Waals surface area contributed by atoms with Crippen LogP contribution in [0.4, 0.5) is 5.69 Å². The van der Waals surface area contributed by atoms with Gasteiger partial charge < -0.3 is 4.74 Å². The highest BCUT2D eigenvalue weighted by molar-refractivity contribution is 5.96. The van der Waals surface area contributed by atoms with Crippen LogP contribution < -0.4 is 4.74 Å². The lowest BCUT2D eigenvalue weighted by Gasteiger charge is -2.22. The summed E-state index contributed by atoms with van der Waals surface area (Å²) in [7, 11) is 0. The molecule has 2 aromatic carbocycles. The molecule has 18 heavy (non-hydrogen) atoms. The number of nitrogens with zero attached hydrogens (tertiary/aromatic N) is 1. The van der Waals surface area contributed by atoms with Crippen molar-refractivity contribution in [3.05, 3.63) is 46.5 Å². The van der Waals surface area contributed by atoms with Gasteiger partial charge in [0, 0.05) is 6.07 Å². The van der Waals surface area contributed by atoms with Gasteiger partial charge in [0.2, 0.25) is 0 Å². The minimum absolute atomic E-state index is 0.0763. The van der Waals surface area contributed by atoms with Gasteiger partial charge in [0.1, 0.15) is 16.7 Å². The first-order valence-electron chi connectivity index (χ1n) is 5.74. The Morgan fingerprint density at radius 3 is 2.28 bits per heavy atom. The fraction of sp³-hybridized carbons (Fsp3) is 0.286. The lowest BCUT2D eigenvalue weighted by molar-refractivity contribution is -0.383. The van der Waals surface area contributed by atoms with Gasteiger partial charge in [-0.1, -0.05) is 24.3 Å². The smallest absolute Gasteiger partial charge is 0.280 e. The molecule has 0 fully saturated rings. The average Bonchev–Trinajstić information content (AvgIpc) is 2.26. The third-order valence-corrected chi connectivity index (χ3v) is 2.46. The van der Waals surface area contributed by atoms with Crippen LogP contribution in [0, 0.1) is 10.1 Å². The topological polar surface area (TPSA) is 52.4 Å². The Morgan fingerprint density at radius 2 is 1.72 bits per heavy atom. The number of non-ortho nitro benzene ring substituents is 1. The molecule has 0 aromatic heterocycles. The third kappa shape index (κ3) is 2.42. The molecule has 0 atom stereocenters. The van der Waals surface area contributed by atoms with E-state index in [-0.39, 0.29) is 10.6 Å². The zero-order chi connectivity index (χ0) is 13.3. The largest absolute Gasteiger partial charge is 0.487 e. The molecule has 0 aliphatic rings. The summed E-state index contributed by atoms with van der Waals surface area (Å²) in [6.07, 6.45) is 0. The molecule has 0 amide bonds. The SMILES string of the molecule is CC(C)(C)Oc1cccc2cccc([N+](=O)[O-])c12. The van der Waals surface area contributed by atoms with Crippen LogP contribution in [0.25, 0.3) is 10.8 Å². The van der Waals surface area contributed by atoms with Gasteiger partial charge in [0.15, 0.2) is 0 Å². The maximum atomic E-state index is 11.1. The third-order valence-electron chi connectivity index (χ3n) is 2.46. The highest BCUT2D eigenvalue weighted by Crippen LogP contribution is 2.35. The number of ether oxygens (including phenoxy) is 1. The molecule has 0 heterocycles. The van der Waals surface area contributed by atoms with E-state index in [2.05, 4.69) is 0 Å². The molecule has 2 aromatic rings. The van der Waals surface area contributed by atoms with Crippen LogP contribution in [-0.4, -0.2) is 10.5 Å². The van der Waals surface area contributed by atoms with Crippen LogP contribution in [0.15, 0.2) is 36.4 Å². The molecule has 0 saturated carbocycles. The predicted molar refractivity (Wildman–Crippen MR) is 71.0 cm³/mol. The number of nitro groups is 1. The van der Waals surface area contributed by atoms with E-state index in [1.807, 2.05) is 39.0 Å². The van der Waals surface area contributed by atoms with E-state index in [0.29, 0.717) is 11.1 Å². The van der Waals surface area contributed by atoms with Gasteiger partial charge in [-0.2, -0.15) is 0 Å². The van der Waals surface area contributed by atoms with Crippen LogP contribution in [0.5, 0.6) is 5.75 Å². The maximum Gasteiger partial charge on any atom is 0.280 e. The van der Waals surface area contributed by atoms with Gasteiger partial charge in [-0.15, -0.1) is 0 Å². The monoisotopic (exact) mass is 245 g/mol. The second-order valence-corrected chi connectivity index (χ2v) is 5.10. The highest BCUT2D eigenvalue weighted by atomic mass is 16.6. The number of fused-ring (bicyclic) bond motifs is 1. The van der Waals surface area contributed by atoms with Crippen molar-refractivity contribution in [1.29, 1.82) is 0 Å². The Balaban J connectivity index is 2.70. The van der Waals surface area contributed by atoms with Crippen molar-refractivity contribution >= 4 is 16.5 Å². The average molecular weight is 245 g/mol. The quantitative estimate of drug-likeness (QED) is 0.595. The second kappa shape index (κ2) is 4.29. The summed E-state index contributed by atoms with van der Waals surface area (Å²) in [5.74, 6) is 0.548. The van der Waals surface area contributed by atoms with E-state index in [1.54, 1.807) is 12.1 Å². The van der Waals surface area contributed by atoms with E-state index in [4.69, 9.17) is 4.74 Å². The molecule has 4 heteroatoms. The summed E-state index contributed by atoms with van der Waals surface area (Å²) in [4.78, 5) is 10.7. The number of rotatable bonds is 2. The molecule has 0 N–H and O–H groups in total. The van der Waals surface area contributed by atoms with Gasteiger partial charge in [0.05, 0.1) is 4.92 Å². The van der Waals surface area contributed by atoms with Crippen molar-refractivity contribution in [3.63, 3.8) is 0 Å². The van der Waals surface area contributed by atoms with Crippen LogP contribution in [0.3, 0.4) is 0 Å². The molecule has 0 aliphatic carbocycles. The number of nitro benzene ring substituents is 1. The van der Waals surface area contributed by atoms with Crippen molar-refractivity contribution in [3.8, 4) is 5.75 Å². The number of hydrogen-bond acceptors (Lipinski definition) is 3. The lowest BCUT2D eigenvalue weighted by atomic mass is 10.1. The number of hydrogen-bond donors (Lipinski definition) is 0. The van der Waals surface area contributed by atoms with Crippen molar-refractivity contribution in [1.82, 2.24) is 0 Å². The Morgan fingerprint density at radius 1 is 1.11 bits per heavy atom. The molecule has 2 rings (SSSR count). The minimum Gasteiger partial charge on any atom is -0.487 e. The van der Waals surface area contributed by atoms with Crippen LogP contribution in [0.2, 0.25) is 0 Å². The predicted octanol–water partition coefficient (Wildman–Crippen LogP) is 3.93. The first kappa shape index (κ1) is 12.4. The van der Waals surface area contributed by atoms with Crippen molar-refractivity contribution in [2.75, 3.05) is 0 Å². The van der Waals surface area contributed by atoms with Gasteiger partial charge in [-0.05, 0) is 32.2 Å². The molecule has 4 nitrogen and oxygen atoms in total. The van der Waals surface area contributed by atoms with E-state index in [9.17, 15) is 10.1 Å². The molecular formula is C14H15NO3. The standard InChI is InChI=1S/C14H15NO3/c1-14(2,3)18-12-9-5-7-10-6-4-8-11(13(10)12)15(16)17/h4-9H,1-3H3. The van der Waals surface area contributed by atoms with Crippen molar-refractivity contribution in [2.24, 2.45) is 0 Å². The van der Waals surface area contributed by atoms with Crippen molar-refractivity contribution < 1.29 is 9.66 Å². The Labute approximate surface area is 105 Å². The molecule has 94 valence electrons. The summed E-state index contributed by atoms with van der Waals surface area (Å²) in [6, 6.07) is 10.5. The molecule has 0 aliphatic heterocycles. The van der Waals surface area contributed by atoms with Gasteiger partial charge in [-0.3, -0.25) is 10.1 Å². The molecule has 0 bridgehead atoms. The van der Waals surface area contributed by atoms with Crippen molar-refractivity contribution in [2.45, 2.75) is 26.4 Å². The van der Waals surface area contributed by atoms with Gasteiger partial charge in [-0.25, -0.2) is 0 Å². The Bertz CT molecular complexity index is 594. The maximum absolute atomic E-state index is 11.1. The minimum atomic E-state index is -0.391. The van der Waals surface area contributed by atoms with Crippen LogP contribution in [0.1, 0.15) is 20.8 Å². The molecule has 0 radical (unpaired) electrons. The molecule has 0 spiro atoms. The first-order chi connectivity index (χ1) is 8.38. The summed E-state index contributed by atoms with van der Waals surface area (Å²) in [5, 5.41) is 12.4. The van der Waals surface area contributed by atoms with E-state index in [1.165, 1.54) is 6.07 Å². The van der Waals surface area contributed by atoms with Gasteiger partial charge >= 0.3 is 0 Å². The summed E-state index contributed by atoms with van der Waals surface area (Å²) in [5.41, 5.74) is -0.315. The number of benzene rings is 2.